The molecule has 28 heavy (non-hydrogen) atoms. The van der Waals surface area contributed by atoms with Crippen LogP contribution in [0.15, 0.2) is 29.3 Å². The summed E-state index contributed by atoms with van der Waals surface area (Å²) < 4.78 is 22.9. The zero-order valence-electron chi connectivity index (χ0n) is 17.0. The molecular weight excluding hydrogens is 376 g/mol. The van der Waals surface area contributed by atoms with Gasteiger partial charge in [0.05, 0.1) is 11.5 Å². The standard InChI is InChI=1S/C20H32N4O3S/c1-4-21-20(23-13-16(3)17-7-5-15(2)6-8-17)22-11-9-19(25)24-18-10-12-28(26,27)14-18/h5-8,16,18H,4,9-14H2,1-3H3,(H,24,25)(H2,21,22,23). The van der Waals surface area contributed by atoms with E-state index in [2.05, 4.69) is 59.1 Å². The lowest BCUT2D eigenvalue weighted by Crippen LogP contribution is -2.41. The van der Waals surface area contributed by atoms with Gasteiger partial charge in [0.25, 0.3) is 0 Å². The summed E-state index contributed by atoms with van der Waals surface area (Å²) in [6.07, 6.45) is 0.775. The monoisotopic (exact) mass is 408 g/mol. The molecular formula is C20H32N4O3S. The molecule has 1 saturated heterocycles. The minimum atomic E-state index is -2.98. The molecule has 0 bridgehead atoms. The topological polar surface area (TPSA) is 99.7 Å². The number of nitrogens with zero attached hydrogens (tertiary/aromatic N) is 1. The molecule has 7 nitrogen and oxygen atoms in total. The molecule has 1 aromatic carbocycles. The van der Waals surface area contributed by atoms with Gasteiger partial charge in [-0.2, -0.15) is 0 Å². The van der Waals surface area contributed by atoms with Crippen molar-refractivity contribution in [2.45, 2.75) is 45.6 Å². The molecule has 1 aliphatic heterocycles. The number of aliphatic imine (C=N–C) groups is 1. The number of sulfone groups is 1. The van der Waals surface area contributed by atoms with Crippen molar-refractivity contribution in [2.24, 2.45) is 4.99 Å². The van der Waals surface area contributed by atoms with E-state index in [0.29, 0.717) is 31.4 Å². The van der Waals surface area contributed by atoms with Crippen LogP contribution >= 0.6 is 0 Å². The number of hydrogen-bond acceptors (Lipinski definition) is 4. The molecule has 3 N–H and O–H groups in total. The van der Waals surface area contributed by atoms with Crippen LogP contribution in [0.2, 0.25) is 0 Å². The second-order valence-corrected chi connectivity index (χ2v) is 9.60. The Balaban J connectivity index is 1.77. The van der Waals surface area contributed by atoms with Crippen LogP contribution in [0, 0.1) is 6.92 Å². The van der Waals surface area contributed by atoms with Crippen molar-refractivity contribution in [3.63, 3.8) is 0 Å². The first kappa shape index (κ1) is 22.2. The third-order valence-electron chi connectivity index (χ3n) is 4.76. The van der Waals surface area contributed by atoms with Gasteiger partial charge in [0.15, 0.2) is 15.8 Å². The van der Waals surface area contributed by atoms with E-state index in [0.717, 1.165) is 6.54 Å². The molecule has 2 rings (SSSR count). The molecule has 0 saturated carbocycles. The lowest BCUT2D eigenvalue weighted by Gasteiger charge is -2.15. The van der Waals surface area contributed by atoms with Gasteiger partial charge < -0.3 is 16.0 Å². The first-order valence-electron chi connectivity index (χ1n) is 9.87. The van der Waals surface area contributed by atoms with Crippen LogP contribution in [0.5, 0.6) is 0 Å². The van der Waals surface area contributed by atoms with E-state index >= 15 is 0 Å². The fourth-order valence-electron chi connectivity index (χ4n) is 3.07. The average Bonchev–Trinajstić information content (AvgIpc) is 2.98. The Kier molecular flexibility index (Phi) is 8.29. The number of hydrogen-bond donors (Lipinski definition) is 3. The Labute approximate surface area is 168 Å². The van der Waals surface area contributed by atoms with Gasteiger partial charge in [-0.15, -0.1) is 0 Å². The molecule has 2 atom stereocenters. The van der Waals surface area contributed by atoms with Crippen LogP contribution in [-0.4, -0.2) is 57.5 Å². The van der Waals surface area contributed by atoms with E-state index in [4.69, 9.17) is 0 Å². The zero-order chi connectivity index (χ0) is 20.6. The van der Waals surface area contributed by atoms with Crippen LogP contribution in [0.1, 0.15) is 43.7 Å². The summed E-state index contributed by atoms with van der Waals surface area (Å²) in [5.41, 5.74) is 2.49. The molecule has 0 aliphatic carbocycles. The molecule has 0 aromatic heterocycles. The number of aryl methyl sites for hydroxylation is 1. The van der Waals surface area contributed by atoms with E-state index in [9.17, 15) is 13.2 Å². The summed E-state index contributed by atoms with van der Waals surface area (Å²) in [5, 5.41) is 9.15. The van der Waals surface area contributed by atoms with Gasteiger partial charge in [-0.3, -0.25) is 9.79 Å². The van der Waals surface area contributed by atoms with Gasteiger partial charge in [-0.25, -0.2) is 8.42 Å². The molecule has 1 amide bonds. The summed E-state index contributed by atoms with van der Waals surface area (Å²) >= 11 is 0. The summed E-state index contributed by atoms with van der Waals surface area (Å²) in [6, 6.07) is 8.21. The maximum atomic E-state index is 12.0. The molecule has 0 spiro atoms. The fourth-order valence-corrected chi connectivity index (χ4v) is 4.75. The zero-order valence-corrected chi connectivity index (χ0v) is 17.8. The molecule has 2 unspecified atom stereocenters. The Bertz CT molecular complexity index is 775. The van der Waals surface area contributed by atoms with Crippen molar-refractivity contribution in [1.82, 2.24) is 16.0 Å². The number of rotatable bonds is 8. The third kappa shape index (κ3) is 7.50. The van der Waals surface area contributed by atoms with Crippen LogP contribution in [0.4, 0.5) is 0 Å². The number of carbonyl (C=O) groups excluding carboxylic acids is 1. The molecule has 0 radical (unpaired) electrons. The van der Waals surface area contributed by atoms with Gasteiger partial charge >= 0.3 is 0 Å². The molecule has 1 heterocycles. The quantitative estimate of drug-likeness (QED) is 0.445. The largest absolute Gasteiger partial charge is 0.357 e. The Hall–Kier alpha value is -2.09. The molecule has 1 aromatic rings. The molecule has 1 aliphatic rings. The maximum absolute atomic E-state index is 12.0. The minimum Gasteiger partial charge on any atom is -0.357 e. The van der Waals surface area contributed by atoms with Crippen molar-refractivity contribution in [3.8, 4) is 0 Å². The summed E-state index contributed by atoms with van der Waals surface area (Å²) in [6.45, 7) is 8.02. The highest BCUT2D eigenvalue weighted by atomic mass is 32.2. The normalized spacial score (nSPS) is 19.8. The van der Waals surface area contributed by atoms with E-state index in [1.807, 2.05) is 6.92 Å². The summed E-state index contributed by atoms with van der Waals surface area (Å²) in [4.78, 5) is 16.6. The number of guanidine groups is 1. The van der Waals surface area contributed by atoms with Gasteiger partial charge in [0, 0.05) is 38.0 Å². The first-order chi connectivity index (χ1) is 13.3. The first-order valence-corrected chi connectivity index (χ1v) is 11.7. The number of benzene rings is 1. The van der Waals surface area contributed by atoms with Crippen molar-refractivity contribution < 1.29 is 13.2 Å². The highest BCUT2D eigenvalue weighted by molar-refractivity contribution is 7.91. The SMILES string of the molecule is CCNC(=NCC(C)c1ccc(C)cc1)NCCC(=O)NC1CCS(=O)(=O)C1. The number of carbonyl (C=O) groups is 1. The smallest absolute Gasteiger partial charge is 0.222 e. The van der Waals surface area contributed by atoms with E-state index in [1.165, 1.54) is 11.1 Å². The van der Waals surface area contributed by atoms with Crippen molar-refractivity contribution >= 4 is 21.7 Å². The molecule has 156 valence electrons. The second-order valence-electron chi connectivity index (χ2n) is 7.38. The summed E-state index contributed by atoms with van der Waals surface area (Å²) in [7, 11) is -2.98. The van der Waals surface area contributed by atoms with Gasteiger partial charge in [-0.1, -0.05) is 36.8 Å². The van der Waals surface area contributed by atoms with Gasteiger partial charge in [0.1, 0.15) is 0 Å². The highest BCUT2D eigenvalue weighted by Gasteiger charge is 2.28. The lowest BCUT2D eigenvalue weighted by molar-refractivity contribution is -0.121. The highest BCUT2D eigenvalue weighted by Crippen LogP contribution is 2.16. The van der Waals surface area contributed by atoms with Crippen molar-refractivity contribution in [3.05, 3.63) is 35.4 Å². The fraction of sp³-hybridized carbons (Fsp3) is 0.600. The predicted molar refractivity (Wildman–Crippen MR) is 113 cm³/mol. The Morgan fingerprint density at radius 3 is 2.57 bits per heavy atom. The molecule has 1 fully saturated rings. The maximum Gasteiger partial charge on any atom is 0.222 e. The lowest BCUT2D eigenvalue weighted by atomic mass is 10.0. The molecule has 8 heteroatoms. The second kappa shape index (κ2) is 10.5. The van der Waals surface area contributed by atoms with E-state index < -0.39 is 9.84 Å². The average molecular weight is 409 g/mol. The van der Waals surface area contributed by atoms with Crippen molar-refractivity contribution in [2.75, 3.05) is 31.1 Å². The predicted octanol–water partition coefficient (Wildman–Crippen LogP) is 1.35. The van der Waals surface area contributed by atoms with Crippen molar-refractivity contribution in [1.29, 1.82) is 0 Å². The van der Waals surface area contributed by atoms with Crippen LogP contribution in [0.3, 0.4) is 0 Å². The third-order valence-corrected chi connectivity index (χ3v) is 6.52. The van der Waals surface area contributed by atoms with Gasteiger partial charge in [0.2, 0.25) is 5.91 Å². The summed E-state index contributed by atoms with van der Waals surface area (Å²) in [5.74, 6) is 1.04. The number of nitrogens with one attached hydrogen (secondary N) is 3. The van der Waals surface area contributed by atoms with E-state index in [-0.39, 0.29) is 29.9 Å². The Morgan fingerprint density at radius 2 is 1.96 bits per heavy atom. The van der Waals surface area contributed by atoms with Gasteiger partial charge in [-0.05, 0) is 25.8 Å². The van der Waals surface area contributed by atoms with Crippen LogP contribution in [-0.2, 0) is 14.6 Å². The van der Waals surface area contributed by atoms with Crippen LogP contribution in [0.25, 0.3) is 0 Å². The van der Waals surface area contributed by atoms with Crippen LogP contribution < -0.4 is 16.0 Å². The van der Waals surface area contributed by atoms with E-state index in [1.54, 1.807) is 0 Å². The Morgan fingerprint density at radius 1 is 1.25 bits per heavy atom. The number of amides is 1. The minimum absolute atomic E-state index is 0.0488.